The maximum Gasteiger partial charge on any atom is 0.321 e. The van der Waals surface area contributed by atoms with E-state index in [1.807, 2.05) is 62.4 Å². The van der Waals surface area contributed by atoms with Crippen LogP contribution in [0.25, 0.3) is 0 Å². The number of hydrogen-bond acceptors (Lipinski definition) is 4. The molecule has 0 radical (unpaired) electrons. The first-order valence-corrected chi connectivity index (χ1v) is 11.4. The first-order chi connectivity index (χ1) is 15.6. The van der Waals surface area contributed by atoms with Gasteiger partial charge in [-0.05, 0) is 62.4 Å². The van der Waals surface area contributed by atoms with Gasteiger partial charge in [0.05, 0.1) is 5.69 Å². The largest absolute Gasteiger partial charge is 0.356 e. The first-order valence-electron chi connectivity index (χ1n) is 11.4. The van der Waals surface area contributed by atoms with Crippen LogP contribution < -0.4 is 15.5 Å². The van der Waals surface area contributed by atoms with E-state index in [0.29, 0.717) is 12.2 Å². The number of para-hydroxylation sites is 1. The van der Waals surface area contributed by atoms with Crippen LogP contribution >= 0.6 is 0 Å². The van der Waals surface area contributed by atoms with Crippen molar-refractivity contribution in [3.63, 3.8) is 0 Å². The van der Waals surface area contributed by atoms with Crippen LogP contribution in [-0.2, 0) is 4.79 Å². The summed E-state index contributed by atoms with van der Waals surface area (Å²) in [7, 11) is 0. The molecule has 7 nitrogen and oxygen atoms in total. The van der Waals surface area contributed by atoms with Gasteiger partial charge in [0.2, 0.25) is 6.17 Å². The molecule has 2 aliphatic heterocycles. The smallest absolute Gasteiger partial charge is 0.321 e. The number of fused-ring (bicyclic) bond motifs is 1. The van der Waals surface area contributed by atoms with Gasteiger partial charge in [-0.1, -0.05) is 31.2 Å². The number of nitrogens with zero attached hydrogens (tertiary/aromatic N) is 3. The molecule has 4 rings (SSSR count). The fourth-order valence-corrected chi connectivity index (χ4v) is 4.33. The molecular formula is C25H31N5O2. The number of anilines is 2. The van der Waals surface area contributed by atoms with Crippen LogP contribution in [0.5, 0.6) is 0 Å². The van der Waals surface area contributed by atoms with E-state index in [1.165, 1.54) is 6.42 Å². The molecule has 1 unspecified atom stereocenters. The third-order valence-electron chi connectivity index (χ3n) is 5.83. The Morgan fingerprint density at radius 3 is 2.62 bits per heavy atom. The standard InChI is InChI=1S/C25H31N5O2/c1-3-14-30-21-13-6-5-12-20(21)23(29-15-7-4-8-16-29)27-22(24(30)31)28-25(32)26-19-11-9-10-18(2)17-19/h5-6,9-13,17,22H,3-4,7-8,14-16H2,1-2H3,(H2,26,28,32). The van der Waals surface area contributed by atoms with Crippen LogP contribution in [0.2, 0.25) is 0 Å². The van der Waals surface area contributed by atoms with Gasteiger partial charge in [0.15, 0.2) is 0 Å². The summed E-state index contributed by atoms with van der Waals surface area (Å²) in [5.41, 5.74) is 3.52. The molecule has 2 heterocycles. The van der Waals surface area contributed by atoms with Crippen molar-refractivity contribution in [1.82, 2.24) is 10.2 Å². The van der Waals surface area contributed by atoms with Crippen molar-refractivity contribution >= 4 is 29.1 Å². The number of likely N-dealkylation sites (tertiary alicyclic amines) is 1. The van der Waals surface area contributed by atoms with Gasteiger partial charge in [0, 0.05) is 30.9 Å². The first kappa shape index (κ1) is 21.9. The summed E-state index contributed by atoms with van der Waals surface area (Å²) in [6, 6.07) is 15.0. The van der Waals surface area contributed by atoms with E-state index in [0.717, 1.165) is 55.0 Å². The molecule has 2 N–H and O–H groups in total. The number of hydrogen-bond donors (Lipinski definition) is 2. The zero-order chi connectivity index (χ0) is 22.5. The Labute approximate surface area is 189 Å². The minimum absolute atomic E-state index is 0.217. The number of nitrogens with one attached hydrogen (secondary N) is 2. The van der Waals surface area contributed by atoms with Gasteiger partial charge < -0.3 is 20.4 Å². The van der Waals surface area contributed by atoms with E-state index in [1.54, 1.807) is 4.90 Å². The van der Waals surface area contributed by atoms with Crippen LogP contribution in [0.3, 0.4) is 0 Å². The molecule has 0 aliphatic carbocycles. The highest BCUT2D eigenvalue weighted by Crippen LogP contribution is 2.28. The van der Waals surface area contributed by atoms with E-state index >= 15 is 0 Å². The van der Waals surface area contributed by atoms with Gasteiger partial charge in [-0.3, -0.25) is 4.79 Å². The number of aryl methyl sites for hydroxylation is 1. The van der Waals surface area contributed by atoms with Crippen molar-refractivity contribution < 1.29 is 9.59 Å². The summed E-state index contributed by atoms with van der Waals surface area (Å²) in [4.78, 5) is 35.2. The molecule has 1 atom stereocenters. The van der Waals surface area contributed by atoms with Crippen LogP contribution in [0.4, 0.5) is 16.2 Å². The number of carbonyl (C=O) groups is 2. The Bertz CT molecular complexity index is 1010. The van der Waals surface area contributed by atoms with Crippen molar-refractivity contribution in [3.8, 4) is 0 Å². The predicted molar refractivity (Wildman–Crippen MR) is 128 cm³/mol. The minimum atomic E-state index is -0.990. The van der Waals surface area contributed by atoms with Gasteiger partial charge in [-0.25, -0.2) is 9.79 Å². The lowest BCUT2D eigenvalue weighted by atomic mass is 10.1. The lowest BCUT2D eigenvalue weighted by Gasteiger charge is -2.31. The highest BCUT2D eigenvalue weighted by molar-refractivity contribution is 6.12. The average Bonchev–Trinajstić information content (AvgIpc) is 2.90. The molecule has 168 valence electrons. The second-order valence-electron chi connectivity index (χ2n) is 8.38. The molecule has 0 spiro atoms. The van der Waals surface area contributed by atoms with Crippen LogP contribution in [0.15, 0.2) is 53.5 Å². The fourth-order valence-electron chi connectivity index (χ4n) is 4.33. The number of rotatable bonds is 4. The average molecular weight is 434 g/mol. The summed E-state index contributed by atoms with van der Waals surface area (Å²) in [5.74, 6) is 0.568. The number of urea groups is 1. The van der Waals surface area contributed by atoms with Gasteiger partial charge >= 0.3 is 6.03 Å². The number of amides is 3. The van der Waals surface area contributed by atoms with Crippen LogP contribution in [0.1, 0.15) is 43.7 Å². The Balaban J connectivity index is 1.67. The molecule has 1 fully saturated rings. The molecule has 3 amide bonds. The molecule has 0 saturated carbocycles. The summed E-state index contributed by atoms with van der Waals surface area (Å²) in [6.07, 6.45) is 3.21. The molecule has 2 aliphatic rings. The summed E-state index contributed by atoms with van der Waals surface area (Å²) in [6.45, 7) is 6.37. The maximum absolute atomic E-state index is 13.5. The topological polar surface area (TPSA) is 77.0 Å². The molecule has 0 bridgehead atoms. The Kier molecular flexibility index (Phi) is 6.73. The minimum Gasteiger partial charge on any atom is -0.356 e. The fraction of sp³-hybridized carbons (Fsp3) is 0.400. The van der Waals surface area contributed by atoms with E-state index < -0.39 is 12.2 Å². The zero-order valence-corrected chi connectivity index (χ0v) is 18.8. The quantitative estimate of drug-likeness (QED) is 0.761. The summed E-state index contributed by atoms with van der Waals surface area (Å²) in [5, 5.41) is 5.64. The van der Waals surface area contributed by atoms with Crippen molar-refractivity contribution in [2.75, 3.05) is 29.9 Å². The third-order valence-corrected chi connectivity index (χ3v) is 5.83. The number of benzodiazepines with no additional fused rings is 1. The van der Waals surface area contributed by atoms with Crippen molar-refractivity contribution in [1.29, 1.82) is 0 Å². The second-order valence-corrected chi connectivity index (χ2v) is 8.38. The number of amidine groups is 1. The SMILES string of the molecule is CCCN1C(=O)C(NC(=O)Nc2cccc(C)c2)N=C(N2CCCCC2)c2ccccc21. The second kappa shape index (κ2) is 9.85. The highest BCUT2D eigenvalue weighted by Gasteiger charge is 2.34. The molecule has 1 saturated heterocycles. The molecule has 0 aromatic heterocycles. The predicted octanol–water partition coefficient (Wildman–Crippen LogP) is 4.13. The lowest BCUT2D eigenvalue weighted by molar-refractivity contribution is -0.120. The molecule has 2 aromatic rings. The van der Waals surface area contributed by atoms with E-state index in [2.05, 4.69) is 15.5 Å². The Morgan fingerprint density at radius 2 is 1.88 bits per heavy atom. The van der Waals surface area contributed by atoms with Crippen molar-refractivity contribution in [2.45, 2.75) is 45.7 Å². The Morgan fingerprint density at radius 1 is 1.09 bits per heavy atom. The monoisotopic (exact) mass is 433 g/mol. The van der Waals surface area contributed by atoms with Crippen LogP contribution in [-0.4, -0.2) is 48.5 Å². The molecular weight excluding hydrogens is 402 g/mol. The zero-order valence-electron chi connectivity index (χ0n) is 18.8. The lowest BCUT2D eigenvalue weighted by Crippen LogP contribution is -2.49. The van der Waals surface area contributed by atoms with Gasteiger partial charge in [0.1, 0.15) is 5.84 Å². The van der Waals surface area contributed by atoms with Crippen LogP contribution in [0, 0.1) is 6.92 Å². The molecule has 2 aromatic carbocycles. The Hall–Kier alpha value is -3.35. The van der Waals surface area contributed by atoms with Crippen molar-refractivity contribution in [3.05, 3.63) is 59.7 Å². The molecule has 7 heteroatoms. The number of piperidine rings is 1. The van der Waals surface area contributed by atoms with Gasteiger partial charge in [0.25, 0.3) is 5.91 Å². The number of benzene rings is 2. The van der Waals surface area contributed by atoms with Gasteiger partial charge in [-0.2, -0.15) is 0 Å². The summed E-state index contributed by atoms with van der Waals surface area (Å²) < 4.78 is 0. The van der Waals surface area contributed by atoms with E-state index in [4.69, 9.17) is 4.99 Å². The maximum atomic E-state index is 13.5. The summed E-state index contributed by atoms with van der Waals surface area (Å²) >= 11 is 0. The van der Waals surface area contributed by atoms with E-state index in [9.17, 15) is 9.59 Å². The normalized spacial score (nSPS) is 18.5. The van der Waals surface area contributed by atoms with E-state index in [-0.39, 0.29) is 5.91 Å². The van der Waals surface area contributed by atoms with Gasteiger partial charge in [-0.15, -0.1) is 0 Å². The van der Waals surface area contributed by atoms with Crippen molar-refractivity contribution in [2.24, 2.45) is 4.99 Å². The molecule has 32 heavy (non-hydrogen) atoms. The third kappa shape index (κ3) is 4.77. The number of carbonyl (C=O) groups excluding carboxylic acids is 2. The number of aliphatic imine (C=N–C) groups is 1. The highest BCUT2D eigenvalue weighted by atomic mass is 16.2.